The quantitative estimate of drug-likeness (QED) is 0.173. The van der Waals surface area contributed by atoms with E-state index >= 15 is 0 Å². The third-order valence-electron chi connectivity index (χ3n) is 6.44. The van der Waals surface area contributed by atoms with Crippen molar-refractivity contribution < 1.29 is 52.4 Å². The second kappa shape index (κ2) is 30.7. The van der Waals surface area contributed by atoms with Crippen molar-refractivity contribution in [3.8, 4) is 0 Å². The summed E-state index contributed by atoms with van der Waals surface area (Å²) in [5, 5.41) is 0. The van der Waals surface area contributed by atoms with Crippen LogP contribution in [0.15, 0.2) is 84.9 Å². The predicted octanol–water partition coefficient (Wildman–Crippen LogP) is 10.7. The van der Waals surface area contributed by atoms with Crippen LogP contribution in [-0.2, 0) is 52.4 Å². The van der Waals surface area contributed by atoms with Gasteiger partial charge in [-0.25, -0.2) is 0 Å². The van der Waals surface area contributed by atoms with Crippen LogP contribution in [0.4, 0.5) is 0 Å². The van der Waals surface area contributed by atoms with Gasteiger partial charge in [0.15, 0.2) is 0 Å². The molecule has 0 nitrogen and oxygen atoms in total. The van der Waals surface area contributed by atoms with Crippen molar-refractivity contribution in [2.75, 3.05) is 0 Å². The van der Waals surface area contributed by atoms with Gasteiger partial charge in [0.1, 0.15) is 0 Å². The van der Waals surface area contributed by atoms with Gasteiger partial charge in [0.05, 0.1) is 0 Å². The largest absolute Gasteiger partial charge is 2.00 e. The Morgan fingerprint density at radius 3 is 0.729 bits per heavy atom. The Balaban J connectivity index is 0.000000417. The fourth-order valence-electron chi connectivity index (χ4n) is 4.11. The Kier molecular flexibility index (Phi) is 28.7. The average molecular weight is 777 g/mol. The smallest absolute Gasteiger partial charge is 0.341 e. The zero-order chi connectivity index (χ0) is 32.3. The molecule has 48 heavy (non-hydrogen) atoms. The van der Waals surface area contributed by atoms with Gasteiger partial charge in [-0.05, 0) is 128 Å². The van der Waals surface area contributed by atoms with Crippen LogP contribution in [0.3, 0.4) is 0 Å². The van der Waals surface area contributed by atoms with E-state index in [9.17, 15) is 0 Å². The molecule has 0 spiro atoms. The zero-order valence-corrected chi connectivity index (χ0v) is 32.4. The Morgan fingerprint density at radius 1 is 0.333 bits per heavy atom. The van der Waals surface area contributed by atoms with Crippen LogP contribution in [0, 0.1) is 154 Å². The zero-order valence-electron chi connectivity index (χ0n) is 27.5. The molecule has 3 aromatic carbocycles. The maximum absolute atomic E-state index is 4.06. The van der Waals surface area contributed by atoms with Gasteiger partial charge in [-0.1, -0.05) is 23.3 Å². The van der Waals surface area contributed by atoms with E-state index in [2.05, 4.69) is 74.5 Å². The summed E-state index contributed by atoms with van der Waals surface area (Å²) in [6, 6.07) is 28.9. The summed E-state index contributed by atoms with van der Waals surface area (Å²) < 4.78 is 0. The third kappa shape index (κ3) is 20.5. The first kappa shape index (κ1) is 44.9. The molecule has 0 aliphatic heterocycles. The summed E-state index contributed by atoms with van der Waals surface area (Å²) in [6.07, 6.45) is 48.3. The molecular weight excluding hydrogens is 735 g/mol. The molecule has 0 heterocycles. The van der Waals surface area contributed by atoms with Crippen LogP contribution in [0.2, 0.25) is 0 Å². The van der Waals surface area contributed by atoms with Gasteiger partial charge in [-0.3, -0.25) is 0 Å². The summed E-state index contributed by atoms with van der Waals surface area (Å²) in [5.74, 6) is 0. The monoisotopic (exact) mass is 774 g/mol. The summed E-state index contributed by atoms with van der Waals surface area (Å²) in [7, 11) is 0. The molecule has 4 aliphatic rings. The molecule has 0 N–H and O–H groups in total. The van der Waals surface area contributed by atoms with Crippen LogP contribution in [0.1, 0.15) is 35.1 Å². The molecule has 4 fully saturated rings. The van der Waals surface area contributed by atoms with E-state index in [4.69, 9.17) is 0 Å². The van der Waals surface area contributed by atoms with E-state index in [0.717, 1.165) is 33.4 Å². The maximum Gasteiger partial charge on any atom is 2.00 e. The standard InChI is InChI=1S/C26H22.4C5H5.2Zr/c1-3-23(19-21-11-7-5-8-12-21)25-15-17-26(18-16-25)24(4-2)20-22-13-9-6-10-14-22;4*1-2-4-5-3-1;;/h5-18H,1-4H2;4*1-5H;;/q-4;;;;;2*+2. The first-order valence-electron chi connectivity index (χ1n) is 15.5. The molecule has 2 heteroatoms. The molecule has 0 aromatic heterocycles. The molecule has 0 saturated heterocycles. The minimum atomic E-state index is 0. The van der Waals surface area contributed by atoms with E-state index in [1.54, 1.807) is 0 Å². The van der Waals surface area contributed by atoms with Crippen molar-refractivity contribution >= 4 is 11.1 Å². The van der Waals surface area contributed by atoms with E-state index in [1.807, 2.05) is 165 Å². The summed E-state index contributed by atoms with van der Waals surface area (Å²) in [4.78, 5) is 0. The van der Waals surface area contributed by atoms with Crippen LogP contribution >= 0.6 is 0 Å². The molecule has 4 aliphatic carbocycles. The van der Waals surface area contributed by atoms with Gasteiger partial charge < -0.3 is 13.8 Å². The summed E-state index contributed by atoms with van der Waals surface area (Å²) in [5.41, 5.74) is 6.66. The number of hydrogen-bond donors (Lipinski definition) is 0. The van der Waals surface area contributed by atoms with Crippen LogP contribution in [-0.4, -0.2) is 0 Å². The van der Waals surface area contributed by atoms with Crippen LogP contribution < -0.4 is 0 Å². The molecule has 4 saturated carbocycles. The van der Waals surface area contributed by atoms with E-state index < -0.39 is 0 Å². The molecule has 0 atom stereocenters. The molecular formula is C46H42Zr2. The van der Waals surface area contributed by atoms with Gasteiger partial charge in [0.2, 0.25) is 0 Å². The summed E-state index contributed by atoms with van der Waals surface area (Å²) in [6.45, 7) is 8.12. The van der Waals surface area contributed by atoms with Gasteiger partial charge in [-0.15, -0.1) is 96.1 Å². The molecule has 20 radical (unpaired) electrons. The Hall–Kier alpha value is -1.09. The fraction of sp³-hybridized carbons (Fsp3) is 0.0435. The van der Waals surface area contributed by atoms with Gasteiger partial charge >= 0.3 is 52.4 Å². The number of rotatable bonds is 6. The molecule has 3 aromatic rings. The van der Waals surface area contributed by atoms with Crippen molar-refractivity contribution in [2.24, 2.45) is 0 Å². The second-order valence-corrected chi connectivity index (χ2v) is 9.87. The normalized spacial score (nSPS) is 16.6. The van der Waals surface area contributed by atoms with Crippen molar-refractivity contribution in [3.63, 3.8) is 0 Å². The number of benzene rings is 3. The Morgan fingerprint density at radius 2 is 0.542 bits per heavy atom. The predicted molar refractivity (Wildman–Crippen MR) is 197 cm³/mol. The summed E-state index contributed by atoms with van der Waals surface area (Å²) >= 11 is 0. The molecule has 7 rings (SSSR count). The molecule has 0 unspecified atom stereocenters. The SMILES string of the molecule is [CH2-]CC(=[C-]c1ccccc1)c1ccc(C(=[C-]c2ccccc2)C[CH2-])cc1.[CH]1[CH][CH][CH][CH]1.[CH]1[CH][CH][CH][CH]1.[CH]1[CH][CH][CH][CH]1.[CH]1[CH][CH][CH][CH]1.[Zr+2].[Zr+2]. The third-order valence-corrected chi connectivity index (χ3v) is 6.44. The Labute approximate surface area is 335 Å². The molecule has 0 amide bonds. The fourth-order valence-corrected chi connectivity index (χ4v) is 4.11. The Bertz CT molecular complexity index is 1030. The van der Waals surface area contributed by atoms with Crippen molar-refractivity contribution in [1.82, 2.24) is 0 Å². The van der Waals surface area contributed by atoms with E-state index in [-0.39, 0.29) is 52.4 Å². The van der Waals surface area contributed by atoms with Crippen molar-refractivity contribution in [1.29, 1.82) is 0 Å². The van der Waals surface area contributed by atoms with Crippen LogP contribution in [0.25, 0.3) is 11.1 Å². The number of allylic oxidation sites excluding steroid dienone is 2. The minimum absolute atomic E-state index is 0. The van der Waals surface area contributed by atoms with E-state index in [1.165, 1.54) is 0 Å². The van der Waals surface area contributed by atoms with Gasteiger partial charge in [0.25, 0.3) is 0 Å². The minimum Gasteiger partial charge on any atom is -0.341 e. The number of hydrogen-bond acceptors (Lipinski definition) is 0. The molecule has 234 valence electrons. The van der Waals surface area contributed by atoms with Gasteiger partial charge in [0, 0.05) is 0 Å². The maximum atomic E-state index is 4.06. The average Bonchev–Trinajstić information content (AvgIpc) is 3.97. The van der Waals surface area contributed by atoms with Crippen molar-refractivity contribution in [2.45, 2.75) is 12.8 Å². The first-order chi connectivity index (χ1) is 22.8. The van der Waals surface area contributed by atoms with Crippen molar-refractivity contribution in [3.05, 3.63) is 262 Å². The topological polar surface area (TPSA) is 0 Å². The second-order valence-electron chi connectivity index (χ2n) is 9.87. The van der Waals surface area contributed by atoms with E-state index in [0.29, 0.717) is 12.8 Å². The van der Waals surface area contributed by atoms with Gasteiger partial charge in [-0.2, -0.15) is 24.0 Å². The molecule has 0 bridgehead atoms. The van der Waals surface area contributed by atoms with Crippen LogP contribution in [0.5, 0.6) is 0 Å². The first-order valence-corrected chi connectivity index (χ1v) is 15.5.